The summed E-state index contributed by atoms with van der Waals surface area (Å²) in [5.74, 6) is 0. The van der Waals surface area contributed by atoms with E-state index in [0.29, 0.717) is 0 Å². The predicted molar refractivity (Wildman–Crippen MR) is 67.6 cm³/mol. The molecule has 1 aromatic heterocycles. The van der Waals surface area contributed by atoms with Gasteiger partial charge in [0.2, 0.25) is 0 Å². The summed E-state index contributed by atoms with van der Waals surface area (Å²) in [6, 6.07) is 0. The molecule has 84 valence electrons. The second-order valence-corrected chi connectivity index (χ2v) is 5.54. The Morgan fingerprint density at radius 3 is 2.60 bits per heavy atom. The van der Waals surface area contributed by atoms with Gasteiger partial charge in [0.15, 0.2) is 0 Å². The zero-order chi connectivity index (χ0) is 10.5. The van der Waals surface area contributed by atoms with Crippen molar-refractivity contribution < 1.29 is 0 Å². The minimum atomic E-state index is 1.08. The summed E-state index contributed by atoms with van der Waals surface area (Å²) in [5.41, 5.74) is 1.91. The van der Waals surface area contributed by atoms with E-state index in [-0.39, 0.29) is 0 Å². The van der Waals surface area contributed by atoms with E-state index in [1.54, 1.807) is 11.3 Å². The summed E-state index contributed by atoms with van der Waals surface area (Å²) in [6.07, 6.45) is 1.98. The van der Waals surface area contributed by atoms with Crippen LogP contribution in [0.5, 0.6) is 0 Å². The van der Waals surface area contributed by atoms with Crippen LogP contribution in [0.15, 0.2) is 11.7 Å². The molecule has 0 aliphatic carbocycles. The molecule has 1 aliphatic heterocycles. The number of hydrogen-bond donors (Lipinski definition) is 0. The first-order valence-electron chi connectivity index (χ1n) is 5.26. The third-order valence-corrected chi connectivity index (χ3v) is 3.85. The minimum Gasteiger partial charge on any atom is -0.300 e. The molecule has 0 radical (unpaired) electrons. The van der Waals surface area contributed by atoms with Gasteiger partial charge in [0, 0.05) is 55.7 Å². The number of nitrogens with zero attached hydrogens (tertiary/aromatic N) is 3. The van der Waals surface area contributed by atoms with Crippen molar-refractivity contribution in [3.63, 3.8) is 0 Å². The van der Waals surface area contributed by atoms with Gasteiger partial charge in [-0.1, -0.05) is 15.9 Å². The molecular weight excluding hydrogens is 274 g/mol. The van der Waals surface area contributed by atoms with Gasteiger partial charge in [-0.3, -0.25) is 14.8 Å². The van der Waals surface area contributed by atoms with Crippen molar-refractivity contribution in [2.75, 3.05) is 38.1 Å². The van der Waals surface area contributed by atoms with Crippen LogP contribution in [0.4, 0.5) is 0 Å². The Hall–Kier alpha value is 0.0300. The van der Waals surface area contributed by atoms with Gasteiger partial charge in [-0.2, -0.15) is 0 Å². The maximum absolute atomic E-state index is 4.11. The lowest BCUT2D eigenvalue weighted by Gasteiger charge is -2.33. The molecule has 0 amide bonds. The Labute approximate surface area is 103 Å². The van der Waals surface area contributed by atoms with Crippen LogP contribution in [-0.4, -0.2) is 52.8 Å². The summed E-state index contributed by atoms with van der Waals surface area (Å²) in [6.45, 7) is 7.02. The molecule has 0 bridgehead atoms. The van der Waals surface area contributed by atoms with Gasteiger partial charge < -0.3 is 0 Å². The van der Waals surface area contributed by atoms with Crippen LogP contribution in [0.3, 0.4) is 0 Å². The lowest BCUT2D eigenvalue weighted by Crippen LogP contribution is -2.46. The largest absolute Gasteiger partial charge is 0.300 e. The highest BCUT2D eigenvalue weighted by molar-refractivity contribution is 9.09. The lowest BCUT2D eigenvalue weighted by atomic mass is 10.3. The predicted octanol–water partition coefficient (Wildman–Crippen LogP) is 1.66. The maximum atomic E-state index is 4.11. The van der Waals surface area contributed by atoms with Gasteiger partial charge in [-0.25, -0.2) is 0 Å². The number of alkyl halides is 1. The minimum absolute atomic E-state index is 1.08. The zero-order valence-corrected chi connectivity index (χ0v) is 11.1. The van der Waals surface area contributed by atoms with E-state index in [0.717, 1.165) is 11.9 Å². The molecule has 0 unspecified atom stereocenters. The summed E-state index contributed by atoms with van der Waals surface area (Å²) < 4.78 is 0. The molecule has 15 heavy (non-hydrogen) atoms. The van der Waals surface area contributed by atoms with Crippen molar-refractivity contribution in [2.45, 2.75) is 6.54 Å². The Bertz CT molecular complexity index is 270. The van der Waals surface area contributed by atoms with E-state index in [1.165, 1.54) is 37.6 Å². The van der Waals surface area contributed by atoms with Crippen LogP contribution >= 0.6 is 27.3 Å². The summed E-state index contributed by atoms with van der Waals surface area (Å²) in [5, 5.41) is 1.09. The molecule has 3 nitrogen and oxygen atoms in total. The molecule has 1 saturated heterocycles. The van der Waals surface area contributed by atoms with Crippen molar-refractivity contribution in [2.24, 2.45) is 0 Å². The molecule has 1 fully saturated rings. The second kappa shape index (κ2) is 5.94. The standard InChI is InChI=1S/C10H16BrN3S/c11-1-2-13-3-5-14(6-4-13)8-10-7-12-9-15-10/h7,9H,1-6,8H2. The van der Waals surface area contributed by atoms with Crippen molar-refractivity contribution in [3.8, 4) is 0 Å². The van der Waals surface area contributed by atoms with E-state index in [9.17, 15) is 0 Å². The fraction of sp³-hybridized carbons (Fsp3) is 0.700. The van der Waals surface area contributed by atoms with Crippen molar-refractivity contribution in [1.29, 1.82) is 0 Å². The quantitative estimate of drug-likeness (QED) is 0.786. The Morgan fingerprint density at radius 2 is 2.00 bits per heavy atom. The lowest BCUT2D eigenvalue weighted by molar-refractivity contribution is 0.134. The highest BCUT2D eigenvalue weighted by Gasteiger charge is 2.16. The monoisotopic (exact) mass is 289 g/mol. The van der Waals surface area contributed by atoms with E-state index >= 15 is 0 Å². The average molecular weight is 290 g/mol. The van der Waals surface area contributed by atoms with Crippen LogP contribution in [0.2, 0.25) is 0 Å². The molecule has 1 aliphatic rings. The number of thiazole rings is 1. The van der Waals surface area contributed by atoms with Crippen LogP contribution < -0.4 is 0 Å². The van der Waals surface area contributed by atoms with Crippen LogP contribution in [0.25, 0.3) is 0 Å². The molecule has 2 rings (SSSR count). The van der Waals surface area contributed by atoms with Crippen molar-refractivity contribution in [3.05, 3.63) is 16.6 Å². The smallest absolute Gasteiger partial charge is 0.0794 e. The molecule has 2 heterocycles. The molecule has 1 aromatic rings. The third-order valence-electron chi connectivity index (χ3n) is 2.73. The van der Waals surface area contributed by atoms with Gasteiger partial charge in [-0.15, -0.1) is 11.3 Å². The zero-order valence-electron chi connectivity index (χ0n) is 8.73. The SMILES string of the molecule is BrCCN1CCN(Cc2cncs2)CC1. The van der Waals surface area contributed by atoms with E-state index in [2.05, 4.69) is 30.7 Å². The molecule has 5 heteroatoms. The molecule has 0 N–H and O–H groups in total. The third kappa shape index (κ3) is 3.52. The summed E-state index contributed by atoms with van der Waals surface area (Å²) >= 11 is 5.24. The first-order chi connectivity index (χ1) is 7.38. The number of hydrogen-bond acceptors (Lipinski definition) is 4. The highest BCUT2D eigenvalue weighted by atomic mass is 79.9. The molecule has 0 saturated carbocycles. The fourth-order valence-electron chi connectivity index (χ4n) is 1.83. The normalized spacial score (nSPS) is 19.5. The average Bonchev–Trinajstić information content (AvgIpc) is 2.74. The van der Waals surface area contributed by atoms with Crippen LogP contribution in [0, 0.1) is 0 Å². The summed E-state index contributed by atoms with van der Waals surface area (Å²) in [7, 11) is 0. The van der Waals surface area contributed by atoms with Gasteiger partial charge in [0.1, 0.15) is 0 Å². The number of aromatic nitrogens is 1. The van der Waals surface area contributed by atoms with Crippen molar-refractivity contribution >= 4 is 27.3 Å². The number of piperazine rings is 1. The topological polar surface area (TPSA) is 19.4 Å². The van der Waals surface area contributed by atoms with Gasteiger partial charge in [0.25, 0.3) is 0 Å². The molecule has 0 aromatic carbocycles. The Kier molecular flexibility index (Phi) is 4.56. The Morgan fingerprint density at radius 1 is 1.27 bits per heavy atom. The molecule has 0 atom stereocenters. The number of rotatable bonds is 4. The van der Waals surface area contributed by atoms with Crippen LogP contribution in [-0.2, 0) is 6.54 Å². The summed E-state index contributed by atoms with van der Waals surface area (Å²) in [4.78, 5) is 10.5. The van der Waals surface area contributed by atoms with Gasteiger partial charge >= 0.3 is 0 Å². The molecule has 0 spiro atoms. The van der Waals surface area contributed by atoms with E-state index < -0.39 is 0 Å². The van der Waals surface area contributed by atoms with Gasteiger partial charge in [-0.05, 0) is 0 Å². The number of halogens is 1. The van der Waals surface area contributed by atoms with Crippen LogP contribution in [0.1, 0.15) is 4.88 Å². The second-order valence-electron chi connectivity index (χ2n) is 3.77. The van der Waals surface area contributed by atoms with Crippen molar-refractivity contribution in [1.82, 2.24) is 14.8 Å². The molecular formula is C10H16BrN3S. The Balaban J connectivity index is 1.74. The first kappa shape index (κ1) is 11.5. The van der Waals surface area contributed by atoms with E-state index in [4.69, 9.17) is 0 Å². The first-order valence-corrected chi connectivity index (χ1v) is 7.26. The maximum Gasteiger partial charge on any atom is 0.0794 e. The highest BCUT2D eigenvalue weighted by Crippen LogP contribution is 2.11. The van der Waals surface area contributed by atoms with Gasteiger partial charge in [0.05, 0.1) is 5.51 Å². The van der Waals surface area contributed by atoms with E-state index in [1.807, 2.05) is 11.7 Å². The fourth-order valence-corrected chi connectivity index (χ4v) is 2.97.